The van der Waals surface area contributed by atoms with E-state index in [1.54, 1.807) is 0 Å². The Kier molecular flexibility index (Phi) is 12.3. The van der Waals surface area contributed by atoms with Crippen molar-refractivity contribution in [2.45, 2.75) is 39.2 Å². The van der Waals surface area contributed by atoms with Crippen molar-refractivity contribution in [3.8, 4) is 0 Å². The van der Waals surface area contributed by atoms with Gasteiger partial charge in [0.25, 0.3) is 0 Å². The fraction of sp³-hybridized carbons (Fsp3) is 0.938. The fourth-order valence-corrected chi connectivity index (χ4v) is 3.46. The van der Waals surface area contributed by atoms with E-state index in [4.69, 9.17) is 0 Å². The Morgan fingerprint density at radius 3 is 2.22 bits per heavy atom. The van der Waals surface area contributed by atoms with Gasteiger partial charge in [-0.05, 0) is 31.8 Å². The maximum atomic E-state index is 12.5. The molecule has 0 spiro atoms. The minimum atomic E-state index is 0. The summed E-state index contributed by atoms with van der Waals surface area (Å²) in [7, 11) is 0. The van der Waals surface area contributed by atoms with Gasteiger partial charge in [-0.3, -0.25) is 14.6 Å². The van der Waals surface area contributed by atoms with Crippen LogP contribution in [0.1, 0.15) is 33.1 Å². The first-order valence-electron chi connectivity index (χ1n) is 8.63. The maximum Gasteiger partial charge on any atom is 0.237 e. The van der Waals surface area contributed by atoms with Gasteiger partial charge < -0.3 is 10.6 Å². The lowest BCUT2D eigenvalue weighted by molar-refractivity contribution is -0.128. The summed E-state index contributed by atoms with van der Waals surface area (Å²) in [5.74, 6) is 0.601. The van der Waals surface area contributed by atoms with Gasteiger partial charge in [0.2, 0.25) is 5.91 Å². The molecule has 0 aromatic carbocycles. The zero-order valence-electron chi connectivity index (χ0n) is 14.6. The van der Waals surface area contributed by atoms with Gasteiger partial charge in [-0.25, -0.2) is 0 Å². The van der Waals surface area contributed by atoms with E-state index >= 15 is 0 Å². The first-order valence-corrected chi connectivity index (χ1v) is 8.63. The molecule has 23 heavy (non-hydrogen) atoms. The summed E-state index contributed by atoms with van der Waals surface area (Å²) in [4.78, 5) is 17.3. The van der Waals surface area contributed by atoms with E-state index in [1.807, 2.05) is 0 Å². The van der Waals surface area contributed by atoms with Crippen molar-refractivity contribution in [1.82, 2.24) is 20.4 Å². The molecule has 2 N–H and O–H groups in total. The summed E-state index contributed by atoms with van der Waals surface area (Å²) < 4.78 is 0. The molecule has 0 aromatic heterocycles. The second kappa shape index (κ2) is 12.3. The molecule has 2 heterocycles. The highest BCUT2D eigenvalue weighted by Gasteiger charge is 2.29. The Morgan fingerprint density at radius 1 is 1.04 bits per heavy atom. The van der Waals surface area contributed by atoms with Crippen LogP contribution in [0, 0.1) is 5.92 Å². The highest BCUT2D eigenvalue weighted by Crippen LogP contribution is 2.17. The summed E-state index contributed by atoms with van der Waals surface area (Å²) in [5.41, 5.74) is 0. The van der Waals surface area contributed by atoms with E-state index in [-0.39, 0.29) is 36.8 Å². The van der Waals surface area contributed by atoms with Crippen molar-refractivity contribution in [2.24, 2.45) is 5.92 Å². The number of carbonyl (C=O) groups excluding carboxylic acids is 1. The number of carbonyl (C=O) groups is 1. The first kappa shape index (κ1) is 22.9. The average molecular weight is 369 g/mol. The third-order valence-corrected chi connectivity index (χ3v) is 4.62. The molecule has 0 bridgehead atoms. The molecule has 1 unspecified atom stereocenters. The van der Waals surface area contributed by atoms with Crippen LogP contribution in [0.4, 0.5) is 0 Å². The second-order valence-electron chi connectivity index (χ2n) is 6.67. The molecule has 2 rings (SSSR count). The average Bonchev–Trinajstić information content (AvgIpc) is 2.49. The van der Waals surface area contributed by atoms with Gasteiger partial charge in [0.05, 0.1) is 6.04 Å². The zero-order valence-corrected chi connectivity index (χ0v) is 16.2. The van der Waals surface area contributed by atoms with Gasteiger partial charge in [-0.15, -0.1) is 24.8 Å². The number of hydrogen-bond acceptors (Lipinski definition) is 4. The fourth-order valence-electron chi connectivity index (χ4n) is 3.46. The van der Waals surface area contributed by atoms with E-state index in [9.17, 15) is 4.79 Å². The van der Waals surface area contributed by atoms with Gasteiger partial charge in [0, 0.05) is 39.3 Å². The molecule has 0 radical (unpaired) electrons. The minimum Gasteiger partial charge on any atom is -0.353 e. The first-order chi connectivity index (χ1) is 10.2. The predicted octanol–water partition coefficient (Wildman–Crippen LogP) is 1.36. The standard InChI is InChI=1S/C16H32N4O.2ClH/c1-14(2)15(20-9-4-3-5-10-20)16(21)18-8-13-19-11-6-17-7-12-19;;/h14-15,17H,3-13H2,1-2H3,(H,18,21);2*1H. The number of hydrogen-bond donors (Lipinski definition) is 2. The molecule has 7 heteroatoms. The molecule has 1 amide bonds. The molecule has 2 aliphatic rings. The van der Waals surface area contributed by atoms with E-state index in [2.05, 4.69) is 34.3 Å². The lowest BCUT2D eigenvalue weighted by Gasteiger charge is -2.36. The SMILES string of the molecule is CC(C)C(C(=O)NCCN1CCNCC1)N1CCCCC1.Cl.Cl. The van der Waals surface area contributed by atoms with Crippen LogP contribution in [0.2, 0.25) is 0 Å². The van der Waals surface area contributed by atoms with Crippen LogP contribution in [0.25, 0.3) is 0 Å². The smallest absolute Gasteiger partial charge is 0.237 e. The summed E-state index contributed by atoms with van der Waals surface area (Å²) in [6.07, 6.45) is 3.78. The second-order valence-corrected chi connectivity index (χ2v) is 6.67. The van der Waals surface area contributed by atoms with Gasteiger partial charge in [-0.1, -0.05) is 20.3 Å². The molecular weight excluding hydrogens is 335 g/mol. The summed E-state index contributed by atoms with van der Waals surface area (Å²) in [6.45, 7) is 12.5. The highest BCUT2D eigenvalue weighted by atomic mass is 35.5. The number of nitrogens with one attached hydrogen (secondary N) is 2. The van der Waals surface area contributed by atoms with Gasteiger partial charge in [0.15, 0.2) is 0 Å². The Balaban J connectivity index is 0.00000242. The maximum absolute atomic E-state index is 12.5. The Morgan fingerprint density at radius 2 is 1.65 bits per heavy atom. The molecule has 0 aliphatic carbocycles. The highest BCUT2D eigenvalue weighted by molar-refractivity contribution is 5.85. The van der Waals surface area contributed by atoms with Crippen LogP contribution < -0.4 is 10.6 Å². The molecule has 0 saturated carbocycles. The Labute approximate surface area is 153 Å². The quantitative estimate of drug-likeness (QED) is 0.742. The number of halogens is 2. The van der Waals surface area contributed by atoms with E-state index in [0.29, 0.717) is 5.92 Å². The van der Waals surface area contributed by atoms with E-state index < -0.39 is 0 Å². The number of rotatable bonds is 6. The van der Waals surface area contributed by atoms with Crippen LogP contribution >= 0.6 is 24.8 Å². The van der Waals surface area contributed by atoms with Gasteiger partial charge in [-0.2, -0.15) is 0 Å². The summed E-state index contributed by atoms with van der Waals surface area (Å²) in [6, 6.07) is 0.0494. The van der Waals surface area contributed by atoms with Crippen molar-refractivity contribution < 1.29 is 4.79 Å². The van der Waals surface area contributed by atoms with Crippen LogP contribution in [0.3, 0.4) is 0 Å². The number of piperidine rings is 1. The van der Waals surface area contributed by atoms with Crippen molar-refractivity contribution in [1.29, 1.82) is 0 Å². The normalized spacial score (nSPS) is 21.2. The van der Waals surface area contributed by atoms with Crippen LogP contribution in [-0.4, -0.2) is 74.1 Å². The van der Waals surface area contributed by atoms with Crippen LogP contribution in [0.15, 0.2) is 0 Å². The minimum absolute atomic E-state index is 0. The molecule has 5 nitrogen and oxygen atoms in total. The molecule has 2 fully saturated rings. The zero-order chi connectivity index (χ0) is 15.1. The third-order valence-electron chi connectivity index (χ3n) is 4.62. The lowest BCUT2D eigenvalue weighted by atomic mass is 9.98. The predicted molar refractivity (Wildman–Crippen MR) is 101 cm³/mol. The third kappa shape index (κ3) is 7.57. The van der Waals surface area contributed by atoms with E-state index in [0.717, 1.165) is 52.4 Å². The van der Waals surface area contributed by atoms with Crippen LogP contribution in [0.5, 0.6) is 0 Å². The van der Waals surface area contributed by atoms with E-state index in [1.165, 1.54) is 19.3 Å². The topological polar surface area (TPSA) is 47.6 Å². The van der Waals surface area contributed by atoms with Crippen molar-refractivity contribution >= 4 is 30.7 Å². The van der Waals surface area contributed by atoms with Crippen molar-refractivity contribution in [3.05, 3.63) is 0 Å². The molecule has 2 aliphatic heterocycles. The molecule has 1 atom stereocenters. The number of likely N-dealkylation sites (tertiary alicyclic amines) is 1. The Bertz CT molecular complexity index is 319. The van der Waals surface area contributed by atoms with Gasteiger partial charge in [0.1, 0.15) is 0 Å². The largest absolute Gasteiger partial charge is 0.353 e. The molecule has 0 aromatic rings. The molecule has 2 saturated heterocycles. The van der Waals surface area contributed by atoms with Crippen LogP contribution in [-0.2, 0) is 4.79 Å². The summed E-state index contributed by atoms with van der Waals surface area (Å²) in [5, 5.41) is 6.52. The lowest BCUT2D eigenvalue weighted by Crippen LogP contribution is -2.53. The molecule has 138 valence electrons. The monoisotopic (exact) mass is 368 g/mol. The van der Waals surface area contributed by atoms with Crippen molar-refractivity contribution in [3.63, 3.8) is 0 Å². The molecular formula is C16H34Cl2N4O. The van der Waals surface area contributed by atoms with Gasteiger partial charge >= 0.3 is 0 Å². The summed E-state index contributed by atoms with van der Waals surface area (Å²) >= 11 is 0. The Hall–Kier alpha value is -0.0700. The number of piperazine rings is 1. The number of nitrogens with zero attached hydrogens (tertiary/aromatic N) is 2. The number of amides is 1. The van der Waals surface area contributed by atoms with Crippen molar-refractivity contribution in [2.75, 3.05) is 52.4 Å².